The molecule has 122 valence electrons. The average Bonchev–Trinajstić information content (AvgIpc) is 2.91. The van der Waals surface area contributed by atoms with Crippen LogP contribution in [0.5, 0.6) is 0 Å². The molecule has 1 atom stereocenters. The van der Waals surface area contributed by atoms with Crippen molar-refractivity contribution in [2.24, 2.45) is 0 Å². The van der Waals surface area contributed by atoms with Crippen LogP contribution in [0.1, 0.15) is 37.6 Å². The van der Waals surface area contributed by atoms with Gasteiger partial charge in [-0.25, -0.2) is 9.18 Å². The quantitative estimate of drug-likeness (QED) is 0.792. The number of benzene rings is 1. The predicted octanol–water partition coefficient (Wildman–Crippen LogP) is 3.74. The number of aromatic nitrogens is 1. The smallest absolute Gasteiger partial charge is 0.339 e. The highest BCUT2D eigenvalue weighted by atomic mass is 19.1. The van der Waals surface area contributed by atoms with Gasteiger partial charge in [0.15, 0.2) is 0 Å². The van der Waals surface area contributed by atoms with Crippen molar-refractivity contribution >= 4 is 22.6 Å². The maximum atomic E-state index is 13.4. The minimum atomic E-state index is -0.787. The van der Waals surface area contributed by atoms with Gasteiger partial charge in [-0.2, -0.15) is 0 Å². The Kier molecular flexibility index (Phi) is 3.96. The van der Waals surface area contributed by atoms with Crippen LogP contribution in [0.15, 0.2) is 30.5 Å². The molecule has 0 bridgehead atoms. The number of nitrogens with zero attached hydrogens (tertiary/aromatic N) is 2. The number of hydrogen-bond donors (Lipinski definition) is 0. The Hall–Kier alpha value is -2.17. The standard InChI is InChI=1S/C18H21FN2O2/c1-18(2,3)23-17(22)14-6-8-20-16-5-4-13(10-15(14)16)21-9-7-12(19)11-21/h4-6,8,10,12H,7,9,11H2,1-3H3/t12-/m0/s1. The molecule has 0 spiro atoms. The fourth-order valence-corrected chi connectivity index (χ4v) is 2.79. The molecule has 5 heteroatoms. The van der Waals surface area contributed by atoms with Crippen LogP contribution in [0.25, 0.3) is 10.9 Å². The molecule has 2 aromatic rings. The van der Waals surface area contributed by atoms with Crippen molar-refractivity contribution in [3.05, 3.63) is 36.0 Å². The number of halogens is 1. The zero-order chi connectivity index (χ0) is 16.6. The van der Waals surface area contributed by atoms with E-state index in [-0.39, 0.29) is 5.97 Å². The van der Waals surface area contributed by atoms with Crippen LogP contribution in [0.3, 0.4) is 0 Å². The summed E-state index contributed by atoms with van der Waals surface area (Å²) in [5.41, 5.74) is 1.58. The molecule has 0 aliphatic carbocycles. The highest BCUT2D eigenvalue weighted by Crippen LogP contribution is 2.28. The summed E-state index contributed by atoms with van der Waals surface area (Å²) in [7, 11) is 0. The number of rotatable bonds is 2. The van der Waals surface area contributed by atoms with Crippen LogP contribution in [-0.2, 0) is 4.74 Å². The first kappa shape index (κ1) is 15.7. The zero-order valence-corrected chi connectivity index (χ0v) is 13.7. The van der Waals surface area contributed by atoms with Gasteiger partial charge in [0.05, 0.1) is 11.1 Å². The fourth-order valence-electron chi connectivity index (χ4n) is 2.79. The maximum Gasteiger partial charge on any atom is 0.339 e. The molecule has 4 nitrogen and oxygen atoms in total. The van der Waals surface area contributed by atoms with Gasteiger partial charge in [0.1, 0.15) is 11.8 Å². The van der Waals surface area contributed by atoms with Crippen LogP contribution in [0.4, 0.5) is 10.1 Å². The van der Waals surface area contributed by atoms with E-state index in [9.17, 15) is 9.18 Å². The normalized spacial score (nSPS) is 18.4. The predicted molar refractivity (Wildman–Crippen MR) is 88.6 cm³/mol. The fraction of sp³-hybridized carbons (Fsp3) is 0.444. The lowest BCUT2D eigenvalue weighted by Crippen LogP contribution is -2.24. The first-order chi connectivity index (χ1) is 10.8. The van der Waals surface area contributed by atoms with Crippen molar-refractivity contribution in [1.29, 1.82) is 0 Å². The summed E-state index contributed by atoms with van der Waals surface area (Å²) in [6, 6.07) is 7.36. The number of pyridine rings is 1. The van der Waals surface area contributed by atoms with Gasteiger partial charge < -0.3 is 9.64 Å². The van der Waals surface area contributed by atoms with Gasteiger partial charge in [-0.15, -0.1) is 0 Å². The number of anilines is 1. The van der Waals surface area contributed by atoms with Crippen LogP contribution in [0.2, 0.25) is 0 Å². The van der Waals surface area contributed by atoms with E-state index < -0.39 is 11.8 Å². The molecule has 0 radical (unpaired) electrons. The first-order valence-electron chi connectivity index (χ1n) is 7.84. The molecule has 0 amide bonds. The van der Waals surface area contributed by atoms with Crippen LogP contribution >= 0.6 is 0 Å². The monoisotopic (exact) mass is 316 g/mol. The summed E-state index contributed by atoms with van der Waals surface area (Å²) < 4.78 is 18.9. The Morgan fingerprint density at radius 1 is 1.35 bits per heavy atom. The van der Waals surface area contributed by atoms with Gasteiger partial charge in [0.2, 0.25) is 0 Å². The Morgan fingerprint density at radius 3 is 2.78 bits per heavy atom. The highest BCUT2D eigenvalue weighted by molar-refractivity contribution is 6.04. The lowest BCUT2D eigenvalue weighted by molar-refractivity contribution is 0.00718. The van der Waals surface area contributed by atoms with E-state index in [0.717, 1.165) is 16.6 Å². The van der Waals surface area contributed by atoms with Crippen molar-refractivity contribution in [3.63, 3.8) is 0 Å². The molecule has 1 aliphatic heterocycles. The number of fused-ring (bicyclic) bond motifs is 1. The molecular formula is C18H21FN2O2. The Bertz CT molecular complexity index is 739. The second kappa shape index (κ2) is 5.80. The average molecular weight is 316 g/mol. The molecule has 1 aromatic carbocycles. The minimum absolute atomic E-state index is 0.369. The van der Waals surface area contributed by atoms with E-state index in [0.29, 0.717) is 25.1 Å². The molecule has 3 rings (SSSR count). The molecular weight excluding hydrogens is 295 g/mol. The van der Waals surface area contributed by atoms with E-state index >= 15 is 0 Å². The van der Waals surface area contributed by atoms with E-state index in [1.165, 1.54) is 0 Å². The number of hydrogen-bond acceptors (Lipinski definition) is 4. The van der Waals surface area contributed by atoms with E-state index in [1.807, 2.05) is 43.9 Å². The molecule has 0 unspecified atom stereocenters. The van der Waals surface area contributed by atoms with Gasteiger partial charge in [-0.1, -0.05) is 0 Å². The van der Waals surface area contributed by atoms with Gasteiger partial charge >= 0.3 is 5.97 Å². The Morgan fingerprint density at radius 2 is 2.13 bits per heavy atom. The second-order valence-corrected chi connectivity index (χ2v) is 6.89. The summed E-state index contributed by atoms with van der Waals surface area (Å²) in [4.78, 5) is 18.7. The Labute approximate surface area is 135 Å². The third-order valence-electron chi connectivity index (χ3n) is 3.84. The van der Waals surface area contributed by atoms with Crippen molar-refractivity contribution in [2.75, 3.05) is 18.0 Å². The number of esters is 1. The molecule has 2 heterocycles. The Balaban J connectivity index is 2.00. The first-order valence-corrected chi connectivity index (χ1v) is 7.84. The lowest BCUT2D eigenvalue weighted by atomic mass is 10.1. The van der Waals surface area contributed by atoms with Crippen molar-refractivity contribution in [2.45, 2.75) is 39.0 Å². The number of alkyl halides is 1. The van der Waals surface area contributed by atoms with Gasteiger partial charge in [0, 0.05) is 30.4 Å². The van der Waals surface area contributed by atoms with E-state index in [2.05, 4.69) is 4.98 Å². The van der Waals surface area contributed by atoms with Gasteiger partial charge in [0.25, 0.3) is 0 Å². The van der Waals surface area contributed by atoms with Crippen molar-refractivity contribution in [1.82, 2.24) is 4.98 Å². The molecule has 0 saturated carbocycles. The number of carbonyl (C=O) groups is 1. The zero-order valence-electron chi connectivity index (χ0n) is 13.7. The summed E-state index contributed by atoms with van der Waals surface area (Å²) in [5, 5.41) is 0.738. The van der Waals surface area contributed by atoms with Gasteiger partial charge in [-0.05, 0) is 51.5 Å². The molecule has 1 aromatic heterocycles. The highest BCUT2D eigenvalue weighted by Gasteiger charge is 2.23. The van der Waals surface area contributed by atoms with Crippen molar-refractivity contribution < 1.29 is 13.9 Å². The molecule has 1 aliphatic rings. The van der Waals surface area contributed by atoms with Crippen molar-refractivity contribution in [3.8, 4) is 0 Å². The third kappa shape index (κ3) is 3.44. The van der Waals surface area contributed by atoms with E-state index in [1.54, 1.807) is 12.3 Å². The summed E-state index contributed by atoms with van der Waals surface area (Å²) in [5.74, 6) is -0.369. The number of ether oxygens (including phenoxy) is 1. The van der Waals surface area contributed by atoms with Crippen LogP contribution in [-0.4, -0.2) is 35.8 Å². The lowest BCUT2D eigenvalue weighted by Gasteiger charge is -2.21. The molecule has 1 saturated heterocycles. The van der Waals surface area contributed by atoms with Crippen LogP contribution < -0.4 is 4.90 Å². The summed E-state index contributed by atoms with van der Waals surface area (Å²) >= 11 is 0. The topological polar surface area (TPSA) is 42.4 Å². The summed E-state index contributed by atoms with van der Waals surface area (Å²) in [6.07, 6.45) is 1.36. The molecule has 23 heavy (non-hydrogen) atoms. The molecule has 0 N–H and O–H groups in total. The minimum Gasteiger partial charge on any atom is -0.456 e. The maximum absolute atomic E-state index is 13.4. The number of carbonyl (C=O) groups excluding carboxylic acids is 1. The summed E-state index contributed by atoms with van der Waals surface area (Å²) in [6.45, 7) is 6.60. The van der Waals surface area contributed by atoms with Gasteiger partial charge in [-0.3, -0.25) is 4.98 Å². The van der Waals surface area contributed by atoms with E-state index in [4.69, 9.17) is 4.74 Å². The second-order valence-electron chi connectivity index (χ2n) is 6.89. The third-order valence-corrected chi connectivity index (χ3v) is 3.84. The van der Waals surface area contributed by atoms with Crippen LogP contribution in [0, 0.1) is 0 Å². The molecule has 1 fully saturated rings. The SMILES string of the molecule is CC(C)(C)OC(=O)c1ccnc2ccc(N3CC[C@H](F)C3)cc12. The largest absolute Gasteiger partial charge is 0.456 e.